The molecule has 1 aliphatic heterocycles. The van der Waals surface area contributed by atoms with E-state index in [-0.39, 0.29) is 18.4 Å². The predicted molar refractivity (Wildman–Crippen MR) is 72.8 cm³/mol. The lowest BCUT2D eigenvalue weighted by Gasteiger charge is -2.19. The Labute approximate surface area is 114 Å². The predicted octanol–water partition coefficient (Wildman–Crippen LogP) is 1.91. The van der Waals surface area contributed by atoms with Crippen LogP contribution in [-0.2, 0) is 0 Å². The quantitative estimate of drug-likeness (QED) is 0.880. The molecule has 2 atom stereocenters. The van der Waals surface area contributed by atoms with Gasteiger partial charge in [0, 0.05) is 12.1 Å². The average Bonchev–Trinajstić information content (AvgIpc) is 2.91. The van der Waals surface area contributed by atoms with E-state index in [0.29, 0.717) is 11.5 Å². The van der Waals surface area contributed by atoms with Crippen molar-refractivity contribution in [1.29, 1.82) is 0 Å². The van der Waals surface area contributed by atoms with Crippen molar-refractivity contribution < 1.29 is 14.6 Å². The number of benzene rings is 1. The number of methoxy groups -OCH3 is 2. The van der Waals surface area contributed by atoms with Gasteiger partial charge in [0.25, 0.3) is 0 Å². The lowest BCUT2D eigenvalue weighted by molar-refractivity contribution is 0.137. The van der Waals surface area contributed by atoms with E-state index >= 15 is 0 Å². The normalized spacial score (nSPS) is 20.1. The fourth-order valence-corrected chi connectivity index (χ4v) is 2.21. The molecule has 1 aromatic carbocycles. The van der Waals surface area contributed by atoms with Gasteiger partial charge in [0.15, 0.2) is 0 Å². The van der Waals surface area contributed by atoms with E-state index < -0.39 is 6.10 Å². The Morgan fingerprint density at radius 3 is 2.28 bits per heavy atom. The summed E-state index contributed by atoms with van der Waals surface area (Å²) in [5.41, 5.74) is 0.834. The maximum absolute atomic E-state index is 10.3. The van der Waals surface area contributed by atoms with Crippen molar-refractivity contribution in [1.82, 2.24) is 5.32 Å². The first-order valence-electron chi connectivity index (χ1n) is 5.89. The molecular formula is C13H20ClNO3. The molecule has 102 valence electrons. The maximum Gasteiger partial charge on any atom is 0.122 e. The minimum atomic E-state index is -0.513. The van der Waals surface area contributed by atoms with Gasteiger partial charge in [-0.1, -0.05) is 0 Å². The summed E-state index contributed by atoms with van der Waals surface area (Å²) >= 11 is 0. The summed E-state index contributed by atoms with van der Waals surface area (Å²) in [4.78, 5) is 0. The van der Waals surface area contributed by atoms with E-state index in [1.165, 1.54) is 0 Å². The fourth-order valence-electron chi connectivity index (χ4n) is 2.21. The van der Waals surface area contributed by atoms with Gasteiger partial charge >= 0.3 is 0 Å². The Balaban J connectivity index is 0.00000162. The summed E-state index contributed by atoms with van der Waals surface area (Å²) in [6, 6.07) is 5.64. The smallest absolute Gasteiger partial charge is 0.122 e. The average molecular weight is 274 g/mol. The van der Waals surface area contributed by atoms with Crippen LogP contribution in [0.15, 0.2) is 18.2 Å². The third-order valence-electron chi connectivity index (χ3n) is 3.19. The van der Waals surface area contributed by atoms with Gasteiger partial charge < -0.3 is 19.9 Å². The van der Waals surface area contributed by atoms with Gasteiger partial charge in [-0.25, -0.2) is 0 Å². The second kappa shape index (κ2) is 6.83. The highest BCUT2D eigenvalue weighted by Crippen LogP contribution is 2.29. The monoisotopic (exact) mass is 273 g/mol. The van der Waals surface area contributed by atoms with Gasteiger partial charge in [-0.05, 0) is 37.1 Å². The van der Waals surface area contributed by atoms with Crippen LogP contribution >= 0.6 is 12.4 Å². The number of aliphatic hydroxyl groups is 1. The fraction of sp³-hybridized carbons (Fsp3) is 0.538. The van der Waals surface area contributed by atoms with Crippen LogP contribution in [0.4, 0.5) is 0 Å². The molecule has 1 aromatic rings. The van der Waals surface area contributed by atoms with Crippen LogP contribution in [0.5, 0.6) is 11.5 Å². The van der Waals surface area contributed by atoms with E-state index in [1.54, 1.807) is 20.3 Å². The molecule has 1 unspecified atom stereocenters. The summed E-state index contributed by atoms with van der Waals surface area (Å²) in [7, 11) is 3.22. The molecule has 1 saturated heterocycles. The van der Waals surface area contributed by atoms with Crippen LogP contribution in [-0.4, -0.2) is 31.9 Å². The van der Waals surface area contributed by atoms with Crippen molar-refractivity contribution in [2.45, 2.75) is 25.0 Å². The van der Waals surface area contributed by atoms with Gasteiger partial charge in [0.1, 0.15) is 11.5 Å². The molecule has 0 spiro atoms. The van der Waals surface area contributed by atoms with Crippen LogP contribution in [0.1, 0.15) is 24.5 Å². The highest BCUT2D eigenvalue weighted by Gasteiger charge is 2.24. The molecule has 1 fully saturated rings. The molecule has 0 saturated carbocycles. The Hall–Kier alpha value is -0.970. The highest BCUT2D eigenvalue weighted by atomic mass is 35.5. The number of halogens is 1. The zero-order valence-electron chi connectivity index (χ0n) is 10.7. The zero-order chi connectivity index (χ0) is 12.3. The van der Waals surface area contributed by atoms with E-state index in [1.807, 2.05) is 12.1 Å². The van der Waals surface area contributed by atoms with Crippen molar-refractivity contribution in [2.75, 3.05) is 20.8 Å². The minimum absolute atomic E-state index is 0. The van der Waals surface area contributed by atoms with E-state index in [4.69, 9.17) is 9.47 Å². The van der Waals surface area contributed by atoms with Crippen molar-refractivity contribution in [3.63, 3.8) is 0 Å². The lowest BCUT2D eigenvalue weighted by Crippen LogP contribution is -2.28. The first kappa shape index (κ1) is 15.1. The summed E-state index contributed by atoms with van der Waals surface area (Å²) in [5, 5.41) is 13.6. The molecule has 0 aromatic heterocycles. The van der Waals surface area contributed by atoms with Crippen LogP contribution in [0.25, 0.3) is 0 Å². The van der Waals surface area contributed by atoms with Crippen molar-refractivity contribution >= 4 is 12.4 Å². The molecule has 4 nitrogen and oxygen atoms in total. The molecule has 0 radical (unpaired) electrons. The summed E-state index contributed by atoms with van der Waals surface area (Å²) in [6.45, 7) is 0.975. The van der Waals surface area contributed by atoms with Gasteiger partial charge in [-0.2, -0.15) is 0 Å². The van der Waals surface area contributed by atoms with Crippen molar-refractivity contribution in [3.05, 3.63) is 23.8 Å². The number of nitrogens with one attached hydrogen (secondary N) is 1. The molecule has 5 heteroatoms. The molecule has 0 amide bonds. The van der Waals surface area contributed by atoms with Gasteiger partial charge in [-0.3, -0.25) is 0 Å². The first-order chi connectivity index (χ1) is 8.24. The number of rotatable bonds is 4. The third kappa shape index (κ3) is 3.28. The van der Waals surface area contributed by atoms with E-state index in [0.717, 1.165) is 24.9 Å². The van der Waals surface area contributed by atoms with Gasteiger partial charge in [-0.15, -0.1) is 12.4 Å². The van der Waals surface area contributed by atoms with E-state index in [9.17, 15) is 5.11 Å². The molecular weight excluding hydrogens is 254 g/mol. The molecule has 1 aliphatic rings. The molecule has 2 N–H and O–H groups in total. The van der Waals surface area contributed by atoms with Crippen LogP contribution in [0.3, 0.4) is 0 Å². The van der Waals surface area contributed by atoms with Crippen molar-refractivity contribution in [2.24, 2.45) is 0 Å². The van der Waals surface area contributed by atoms with Crippen LogP contribution in [0.2, 0.25) is 0 Å². The highest BCUT2D eigenvalue weighted by molar-refractivity contribution is 5.85. The standard InChI is InChI=1S/C13H19NO3.ClH/c1-16-10-6-9(7-11(8-10)17-2)13(15)12-4-3-5-14-12;/h6-8,12-15H,3-5H2,1-2H3;1H/t12-,13?;/m1./s1. The second-order valence-corrected chi connectivity index (χ2v) is 4.29. The lowest BCUT2D eigenvalue weighted by atomic mass is 10.0. The van der Waals surface area contributed by atoms with Crippen LogP contribution < -0.4 is 14.8 Å². The largest absolute Gasteiger partial charge is 0.497 e. The maximum atomic E-state index is 10.3. The van der Waals surface area contributed by atoms with E-state index in [2.05, 4.69) is 5.32 Å². The number of aliphatic hydroxyl groups excluding tert-OH is 1. The van der Waals surface area contributed by atoms with Gasteiger partial charge in [0.05, 0.1) is 20.3 Å². The third-order valence-corrected chi connectivity index (χ3v) is 3.19. The summed E-state index contributed by atoms with van der Waals surface area (Å²) < 4.78 is 10.4. The summed E-state index contributed by atoms with van der Waals surface area (Å²) in [6.07, 6.45) is 1.60. The molecule has 18 heavy (non-hydrogen) atoms. The molecule has 2 rings (SSSR count). The van der Waals surface area contributed by atoms with Crippen LogP contribution in [0, 0.1) is 0 Å². The number of hydrogen-bond acceptors (Lipinski definition) is 4. The molecule has 0 bridgehead atoms. The minimum Gasteiger partial charge on any atom is -0.497 e. The number of hydrogen-bond donors (Lipinski definition) is 2. The van der Waals surface area contributed by atoms with Crippen molar-refractivity contribution in [3.8, 4) is 11.5 Å². The SMILES string of the molecule is COc1cc(OC)cc(C(O)[C@H]2CCCN2)c1.Cl. The van der Waals surface area contributed by atoms with Gasteiger partial charge in [0.2, 0.25) is 0 Å². The Kier molecular flexibility index (Phi) is 5.72. The topological polar surface area (TPSA) is 50.7 Å². The second-order valence-electron chi connectivity index (χ2n) is 4.29. The summed E-state index contributed by atoms with van der Waals surface area (Å²) in [5.74, 6) is 1.41. The Morgan fingerprint density at radius 2 is 1.83 bits per heavy atom. The molecule has 1 heterocycles. The Morgan fingerprint density at radius 1 is 1.22 bits per heavy atom. The number of ether oxygens (including phenoxy) is 2. The Bertz CT molecular complexity index is 358. The molecule has 0 aliphatic carbocycles. The first-order valence-corrected chi connectivity index (χ1v) is 5.89. The zero-order valence-corrected chi connectivity index (χ0v) is 11.5.